The summed E-state index contributed by atoms with van der Waals surface area (Å²) < 4.78 is 11.2. The molecule has 0 aromatic heterocycles. The van der Waals surface area contributed by atoms with Gasteiger partial charge in [0.1, 0.15) is 5.75 Å². The molecule has 0 saturated carbocycles. The number of benzene rings is 1. The maximum Gasteiger partial charge on any atom is 0.133 e. The van der Waals surface area contributed by atoms with Crippen LogP contribution >= 0.6 is 15.9 Å². The van der Waals surface area contributed by atoms with Crippen LogP contribution in [0.1, 0.15) is 13.3 Å². The highest BCUT2D eigenvalue weighted by Crippen LogP contribution is 2.28. The van der Waals surface area contributed by atoms with Crippen LogP contribution in [0.3, 0.4) is 0 Å². The second-order valence-corrected chi connectivity index (χ2v) is 4.53. The minimum Gasteiger partial charge on any atom is -0.496 e. The fraction of sp³-hybridized carbons (Fsp3) is 0.500. The molecule has 90 valence electrons. The van der Waals surface area contributed by atoms with Crippen molar-refractivity contribution in [2.75, 3.05) is 26.1 Å². The highest BCUT2D eigenvalue weighted by atomic mass is 79.9. The topological polar surface area (TPSA) is 30.5 Å². The molecule has 0 saturated heterocycles. The van der Waals surface area contributed by atoms with Crippen molar-refractivity contribution in [1.29, 1.82) is 0 Å². The van der Waals surface area contributed by atoms with E-state index >= 15 is 0 Å². The molecule has 0 aliphatic rings. The fourth-order valence-electron chi connectivity index (χ4n) is 1.41. The molecular formula is C12H18BrNO2. The smallest absolute Gasteiger partial charge is 0.133 e. The first kappa shape index (κ1) is 13.3. The molecule has 0 aliphatic heterocycles. The maximum absolute atomic E-state index is 5.18. The number of hydrogen-bond donors (Lipinski definition) is 1. The molecule has 4 heteroatoms. The molecule has 1 aromatic rings. The van der Waals surface area contributed by atoms with Gasteiger partial charge in [0, 0.05) is 25.4 Å². The summed E-state index contributed by atoms with van der Waals surface area (Å²) in [5.41, 5.74) is 1.08. The molecule has 1 aromatic carbocycles. The number of ether oxygens (including phenoxy) is 2. The van der Waals surface area contributed by atoms with Crippen molar-refractivity contribution in [1.82, 2.24) is 0 Å². The SMILES string of the molecule is COCCC(C)Nc1ccc(OC)c(Br)c1. The molecule has 0 fully saturated rings. The summed E-state index contributed by atoms with van der Waals surface area (Å²) >= 11 is 3.46. The lowest BCUT2D eigenvalue weighted by Gasteiger charge is -2.15. The minimum atomic E-state index is 0.389. The van der Waals surface area contributed by atoms with E-state index in [9.17, 15) is 0 Å². The predicted octanol–water partition coefficient (Wildman–Crippen LogP) is 3.29. The van der Waals surface area contributed by atoms with Gasteiger partial charge in [0.25, 0.3) is 0 Å². The number of hydrogen-bond acceptors (Lipinski definition) is 3. The van der Waals surface area contributed by atoms with E-state index in [0.29, 0.717) is 6.04 Å². The van der Waals surface area contributed by atoms with E-state index in [2.05, 4.69) is 28.2 Å². The molecule has 0 aliphatic carbocycles. The molecule has 0 spiro atoms. The van der Waals surface area contributed by atoms with Crippen LogP contribution in [-0.4, -0.2) is 26.9 Å². The molecule has 0 radical (unpaired) electrons. The van der Waals surface area contributed by atoms with Gasteiger partial charge in [-0.2, -0.15) is 0 Å². The fourth-order valence-corrected chi connectivity index (χ4v) is 1.95. The summed E-state index contributed by atoms with van der Waals surface area (Å²) in [6.07, 6.45) is 0.986. The van der Waals surface area contributed by atoms with Gasteiger partial charge in [-0.25, -0.2) is 0 Å². The van der Waals surface area contributed by atoms with Gasteiger partial charge in [-0.05, 0) is 47.5 Å². The Labute approximate surface area is 105 Å². The first-order valence-corrected chi connectivity index (χ1v) is 6.05. The molecule has 0 bridgehead atoms. The normalized spacial score (nSPS) is 12.2. The molecular weight excluding hydrogens is 270 g/mol. The summed E-state index contributed by atoms with van der Waals surface area (Å²) in [6, 6.07) is 6.35. The zero-order valence-corrected chi connectivity index (χ0v) is 11.5. The van der Waals surface area contributed by atoms with Gasteiger partial charge in [0.05, 0.1) is 11.6 Å². The van der Waals surface area contributed by atoms with Crippen molar-refractivity contribution < 1.29 is 9.47 Å². The van der Waals surface area contributed by atoms with Gasteiger partial charge in [-0.15, -0.1) is 0 Å². The summed E-state index contributed by atoms with van der Waals surface area (Å²) in [7, 11) is 3.38. The molecule has 1 rings (SSSR count). The number of anilines is 1. The van der Waals surface area contributed by atoms with Crippen molar-refractivity contribution >= 4 is 21.6 Å². The van der Waals surface area contributed by atoms with Gasteiger partial charge < -0.3 is 14.8 Å². The first-order valence-electron chi connectivity index (χ1n) is 5.26. The second-order valence-electron chi connectivity index (χ2n) is 3.68. The molecule has 1 atom stereocenters. The van der Waals surface area contributed by atoms with Crippen molar-refractivity contribution in [2.45, 2.75) is 19.4 Å². The third-order valence-electron chi connectivity index (χ3n) is 2.32. The molecule has 0 heterocycles. The highest BCUT2D eigenvalue weighted by molar-refractivity contribution is 9.10. The molecule has 3 nitrogen and oxygen atoms in total. The summed E-state index contributed by atoms with van der Waals surface area (Å²) in [4.78, 5) is 0. The first-order chi connectivity index (χ1) is 7.67. The minimum absolute atomic E-state index is 0.389. The van der Waals surface area contributed by atoms with E-state index in [0.717, 1.165) is 28.9 Å². The zero-order chi connectivity index (χ0) is 12.0. The van der Waals surface area contributed by atoms with Crippen LogP contribution in [0.15, 0.2) is 22.7 Å². The van der Waals surface area contributed by atoms with Crippen LogP contribution in [-0.2, 0) is 4.74 Å². The number of nitrogens with one attached hydrogen (secondary N) is 1. The van der Waals surface area contributed by atoms with Crippen LogP contribution < -0.4 is 10.1 Å². The predicted molar refractivity (Wildman–Crippen MR) is 70.3 cm³/mol. The van der Waals surface area contributed by atoms with Gasteiger partial charge in [0.15, 0.2) is 0 Å². The average Bonchev–Trinajstić information content (AvgIpc) is 2.26. The standard InChI is InChI=1S/C12H18BrNO2/c1-9(6-7-15-2)14-10-4-5-12(16-3)11(13)8-10/h4-5,8-9,14H,6-7H2,1-3H3. The molecule has 1 N–H and O–H groups in total. The lowest BCUT2D eigenvalue weighted by Crippen LogP contribution is -2.17. The van der Waals surface area contributed by atoms with E-state index in [1.165, 1.54) is 0 Å². The Morgan fingerprint density at radius 1 is 1.38 bits per heavy atom. The van der Waals surface area contributed by atoms with Crippen LogP contribution in [0.5, 0.6) is 5.75 Å². The molecule has 1 unspecified atom stereocenters. The van der Waals surface area contributed by atoms with Crippen molar-refractivity contribution in [3.63, 3.8) is 0 Å². The van der Waals surface area contributed by atoms with Gasteiger partial charge in [0.2, 0.25) is 0 Å². The Hall–Kier alpha value is -0.740. The number of methoxy groups -OCH3 is 2. The summed E-state index contributed by atoms with van der Waals surface area (Å²) in [6.45, 7) is 2.91. The van der Waals surface area contributed by atoms with Crippen molar-refractivity contribution in [3.05, 3.63) is 22.7 Å². The third kappa shape index (κ3) is 4.02. The summed E-state index contributed by atoms with van der Waals surface area (Å²) in [5, 5.41) is 3.40. The zero-order valence-electron chi connectivity index (χ0n) is 9.92. The van der Waals surface area contributed by atoms with E-state index in [4.69, 9.17) is 9.47 Å². The monoisotopic (exact) mass is 287 g/mol. The number of halogens is 1. The molecule has 16 heavy (non-hydrogen) atoms. The van der Waals surface area contributed by atoms with E-state index < -0.39 is 0 Å². The quantitative estimate of drug-likeness (QED) is 0.871. The number of rotatable bonds is 6. The largest absolute Gasteiger partial charge is 0.496 e. The van der Waals surface area contributed by atoms with Crippen LogP contribution in [0.25, 0.3) is 0 Å². The van der Waals surface area contributed by atoms with Gasteiger partial charge in [-0.3, -0.25) is 0 Å². The highest BCUT2D eigenvalue weighted by Gasteiger charge is 2.04. The Bertz CT molecular complexity index is 331. The van der Waals surface area contributed by atoms with Crippen molar-refractivity contribution in [3.8, 4) is 5.75 Å². The lowest BCUT2D eigenvalue weighted by atomic mass is 10.2. The van der Waals surface area contributed by atoms with E-state index in [-0.39, 0.29) is 0 Å². The Morgan fingerprint density at radius 2 is 2.12 bits per heavy atom. The summed E-state index contributed by atoms with van der Waals surface area (Å²) in [5.74, 6) is 0.843. The lowest BCUT2D eigenvalue weighted by molar-refractivity contribution is 0.191. The van der Waals surface area contributed by atoms with E-state index in [1.807, 2.05) is 18.2 Å². The van der Waals surface area contributed by atoms with Crippen molar-refractivity contribution in [2.24, 2.45) is 0 Å². The van der Waals surface area contributed by atoms with E-state index in [1.54, 1.807) is 14.2 Å². The molecule has 0 amide bonds. The van der Waals surface area contributed by atoms with Gasteiger partial charge >= 0.3 is 0 Å². The average molecular weight is 288 g/mol. The third-order valence-corrected chi connectivity index (χ3v) is 2.94. The second kappa shape index (κ2) is 6.76. The van der Waals surface area contributed by atoms with Crippen LogP contribution in [0.4, 0.5) is 5.69 Å². The van der Waals surface area contributed by atoms with Crippen LogP contribution in [0.2, 0.25) is 0 Å². The Kier molecular flexibility index (Phi) is 5.63. The van der Waals surface area contributed by atoms with Gasteiger partial charge in [-0.1, -0.05) is 0 Å². The maximum atomic E-state index is 5.18. The van der Waals surface area contributed by atoms with Crippen LogP contribution in [0, 0.1) is 0 Å². The Balaban J connectivity index is 2.57. The Morgan fingerprint density at radius 3 is 2.69 bits per heavy atom.